The number of anilines is 1. The standard InChI is InChI=1S/C16H16N2O3/c1-18-7-6-12(9-18)15(19)10-21-13-4-2-11-3-5-16(20)17-14(11)8-13/h2,4,6-9H,3,5,10H2,1H3,(H,17,20). The van der Waals surface area contributed by atoms with E-state index in [1.54, 1.807) is 18.3 Å². The molecule has 1 aromatic heterocycles. The van der Waals surface area contributed by atoms with Gasteiger partial charge >= 0.3 is 0 Å². The summed E-state index contributed by atoms with van der Waals surface area (Å²) in [6, 6.07) is 7.29. The number of ketones is 1. The van der Waals surface area contributed by atoms with E-state index in [1.807, 2.05) is 29.9 Å². The molecular formula is C16H16N2O3. The molecule has 3 rings (SSSR count). The first-order valence-corrected chi connectivity index (χ1v) is 6.82. The fraction of sp³-hybridized carbons (Fsp3) is 0.250. The van der Waals surface area contributed by atoms with Gasteiger partial charge in [0.1, 0.15) is 5.75 Å². The fourth-order valence-electron chi connectivity index (χ4n) is 2.34. The molecule has 1 aliphatic rings. The maximum absolute atomic E-state index is 12.0. The number of aryl methyl sites for hydroxylation is 2. The highest BCUT2D eigenvalue weighted by molar-refractivity contribution is 5.97. The van der Waals surface area contributed by atoms with Gasteiger partial charge in [-0.15, -0.1) is 0 Å². The Morgan fingerprint density at radius 3 is 2.95 bits per heavy atom. The van der Waals surface area contributed by atoms with Gasteiger partial charge in [-0.05, 0) is 24.1 Å². The minimum Gasteiger partial charge on any atom is -0.485 e. The second-order valence-electron chi connectivity index (χ2n) is 5.14. The first-order chi connectivity index (χ1) is 10.1. The molecule has 0 spiro atoms. The molecular weight excluding hydrogens is 268 g/mol. The largest absolute Gasteiger partial charge is 0.485 e. The molecule has 0 radical (unpaired) electrons. The van der Waals surface area contributed by atoms with Crippen LogP contribution in [0.2, 0.25) is 0 Å². The van der Waals surface area contributed by atoms with Crippen molar-refractivity contribution in [1.82, 2.24) is 4.57 Å². The number of ether oxygens (including phenoxy) is 1. The second kappa shape index (κ2) is 5.44. The summed E-state index contributed by atoms with van der Waals surface area (Å²) in [5, 5.41) is 2.82. The molecule has 0 aliphatic carbocycles. The number of carbonyl (C=O) groups is 2. The van der Waals surface area contributed by atoms with Crippen molar-refractivity contribution >= 4 is 17.4 Å². The molecule has 0 fully saturated rings. The highest BCUT2D eigenvalue weighted by Gasteiger charge is 2.15. The molecule has 0 bridgehead atoms. The summed E-state index contributed by atoms with van der Waals surface area (Å²) in [6.07, 6.45) is 4.84. The van der Waals surface area contributed by atoms with Gasteiger partial charge in [-0.25, -0.2) is 0 Å². The molecule has 0 saturated heterocycles. The molecule has 108 valence electrons. The number of amides is 1. The van der Waals surface area contributed by atoms with E-state index in [0.717, 1.165) is 17.7 Å². The quantitative estimate of drug-likeness (QED) is 0.875. The minimum absolute atomic E-state index is 0.0139. The third kappa shape index (κ3) is 2.97. The van der Waals surface area contributed by atoms with Crippen molar-refractivity contribution in [3.8, 4) is 5.75 Å². The molecule has 0 atom stereocenters. The average Bonchev–Trinajstić information content (AvgIpc) is 2.91. The highest BCUT2D eigenvalue weighted by atomic mass is 16.5. The number of hydrogen-bond donors (Lipinski definition) is 1. The van der Waals surface area contributed by atoms with E-state index in [1.165, 1.54) is 0 Å². The zero-order valence-electron chi connectivity index (χ0n) is 11.8. The van der Waals surface area contributed by atoms with Crippen LogP contribution in [0.5, 0.6) is 5.75 Å². The van der Waals surface area contributed by atoms with Crippen molar-refractivity contribution in [1.29, 1.82) is 0 Å². The highest BCUT2D eigenvalue weighted by Crippen LogP contribution is 2.27. The average molecular weight is 284 g/mol. The van der Waals surface area contributed by atoms with Crippen molar-refractivity contribution in [2.24, 2.45) is 7.05 Å². The molecule has 2 heterocycles. The van der Waals surface area contributed by atoms with E-state index in [-0.39, 0.29) is 18.3 Å². The van der Waals surface area contributed by atoms with E-state index in [4.69, 9.17) is 4.74 Å². The lowest BCUT2D eigenvalue weighted by Crippen LogP contribution is -2.19. The van der Waals surface area contributed by atoms with Gasteiger partial charge in [0.15, 0.2) is 6.61 Å². The van der Waals surface area contributed by atoms with Gasteiger partial charge in [-0.3, -0.25) is 9.59 Å². The lowest BCUT2D eigenvalue weighted by molar-refractivity contribution is -0.116. The number of benzene rings is 1. The van der Waals surface area contributed by atoms with Gasteiger partial charge in [-0.1, -0.05) is 6.07 Å². The van der Waals surface area contributed by atoms with Crippen LogP contribution >= 0.6 is 0 Å². The van der Waals surface area contributed by atoms with E-state index in [9.17, 15) is 9.59 Å². The van der Waals surface area contributed by atoms with Gasteiger partial charge in [0.25, 0.3) is 0 Å². The predicted octanol–water partition coefficient (Wildman–Crippen LogP) is 2.17. The van der Waals surface area contributed by atoms with Gasteiger partial charge in [-0.2, -0.15) is 0 Å². The molecule has 5 heteroatoms. The Bertz CT molecular complexity index is 703. The molecule has 21 heavy (non-hydrogen) atoms. The van der Waals surface area contributed by atoms with Crippen LogP contribution < -0.4 is 10.1 Å². The number of Topliss-reactive ketones (excluding diaryl/α,β-unsaturated/α-hetero) is 1. The summed E-state index contributed by atoms with van der Waals surface area (Å²) in [4.78, 5) is 23.3. The van der Waals surface area contributed by atoms with Crippen molar-refractivity contribution < 1.29 is 14.3 Å². The number of nitrogens with zero attached hydrogens (tertiary/aromatic N) is 1. The van der Waals surface area contributed by atoms with Crippen molar-refractivity contribution in [2.75, 3.05) is 11.9 Å². The van der Waals surface area contributed by atoms with Crippen molar-refractivity contribution in [3.63, 3.8) is 0 Å². The third-order valence-electron chi connectivity index (χ3n) is 3.50. The summed E-state index contributed by atoms with van der Waals surface area (Å²) < 4.78 is 7.34. The van der Waals surface area contributed by atoms with E-state index < -0.39 is 0 Å². The molecule has 2 aromatic rings. The van der Waals surface area contributed by atoms with Crippen LogP contribution in [0.3, 0.4) is 0 Å². The number of rotatable bonds is 4. The normalized spacial score (nSPS) is 13.5. The van der Waals surface area contributed by atoms with Crippen LogP contribution in [0.4, 0.5) is 5.69 Å². The van der Waals surface area contributed by atoms with Crippen LogP contribution in [0.15, 0.2) is 36.7 Å². The predicted molar refractivity (Wildman–Crippen MR) is 78.6 cm³/mol. The molecule has 1 N–H and O–H groups in total. The summed E-state index contributed by atoms with van der Waals surface area (Å²) in [5.41, 5.74) is 2.50. The summed E-state index contributed by atoms with van der Waals surface area (Å²) in [6.45, 7) is -0.0171. The Hall–Kier alpha value is -2.56. The second-order valence-corrected chi connectivity index (χ2v) is 5.14. The minimum atomic E-state index is -0.0719. The molecule has 1 aromatic carbocycles. The number of nitrogens with one attached hydrogen (secondary N) is 1. The Morgan fingerprint density at radius 2 is 2.19 bits per heavy atom. The number of hydrogen-bond acceptors (Lipinski definition) is 3. The summed E-state index contributed by atoms with van der Waals surface area (Å²) >= 11 is 0. The van der Waals surface area contributed by atoms with Crippen molar-refractivity contribution in [3.05, 3.63) is 47.8 Å². The van der Waals surface area contributed by atoms with Gasteiger partial charge < -0.3 is 14.6 Å². The maximum atomic E-state index is 12.0. The van der Waals surface area contributed by atoms with Gasteiger partial charge in [0.2, 0.25) is 11.7 Å². The van der Waals surface area contributed by atoms with Gasteiger partial charge in [0.05, 0.1) is 0 Å². The first-order valence-electron chi connectivity index (χ1n) is 6.82. The lowest BCUT2D eigenvalue weighted by atomic mass is 10.0. The molecule has 5 nitrogen and oxygen atoms in total. The summed E-state index contributed by atoms with van der Waals surface area (Å²) in [5.74, 6) is 0.526. The monoisotopic (exact) mass is 284 g/mol. The lowest BCUT2D eigenvalue weighted by Gasteiger charge is -2.17. The van der Waals surface area contributed by atoms with Crippen LogP contribution in [0.25, 0.3) is 0 Å². The SMILES string of the molecule is Cn1ccc(C(=O)COc2ccc3c(c2)NC(=O)CC3)c1. The smallest absolute Gasteiger partial charge is 0.224 e. The van der Waals surface area contributed by atoms with E-state index >= 15 is 0 Å². The number of aromatic nitrogens is 1. The van der Waals surface area contributed by atoms with Gasteiger partial charge in [0, 0.05) is 43.2 Å². The third-order valence-corrected chi connectivity index (χ3v) is 3.50. The first kappa shape index (κ1) is 13.4. The van der Waals surface area contributed by atoms with E-state index in [0.29, 0.717) is 17.7 Å². The fourth-order valence-corrected chi connectivity index (χ4v) is 2.34. The Balaban J connectivity index is 1.67. The van der Waals surface area contributed by atoms with E-state index in [2.05, 4.69) is 5.32 Å². The van der Waals surface area contributed by atoms with Crippen molar-refractivity contribution in [2.45, 2.75) is 12.8 Å². The molecule has 0 unspecified atom stereocenters. The van der Waals surface area contributed by atoms with Crippen LogP contribution in [0.1, 0.15) is 22.3 Å². The van der Waals surface area contributed by atoms with Crippen LogP contribution in [0, 0.1) is 0 Å². The molecule has 1 amide bonds. The topological polar surface area (TPSA) is 60.3 Å². The number of fused-ring (bicyclic) bond motifs is 1. The Kier molecular flexibility index (Phi) is 3.48. The van der Waals surface area contributed by atoms with Crippen LogP contribution in [-0.2, 0) is 18.3 Å². The zero-order valence-corrected chi connectivity index (χ0v) is 11.8. The summed E-state index contributed by atoms with van der Waals surface area (Å²) in [7, 11) is 1.86. The maximum Gasteiger partial charge on any atom is 0.224 e. The number of carbonyl (C=O) groups excluding carboxylic acids is 2. The zero-order chi connectivity index (χ0) is 14.8. The molecule has 0 saturated carbocycles. The Labute approximate surface area is 122 Å². The molecule has 1 aliphatic heterocycles. The Morgan fingerprint density at radius 1 is 1.33 bits per heavy atom. The van der Waals surface area contributed by atoms with Crippen LogP contribution in [-0.4, -0.2) is 22.9 Å².